The Hall–Kier alpha value is -1.81. The van der Waals surface area contributed by atoms with E-state index in [4.69, 9.17) is 4.74 Å². The van der Waals surface area contributed by atoms with Crippen LogP contribution in [0.4, 0.5) is 5.13 Å². The van der Waals surface area contributed by atoms with Crippen molar-refractivity contribution in [1.29, 1.82) is 0 Å². The highest BCUT2D eigenvalue weighted by atomic mass is 32.1. The Kier molecular flexibility index (Phi) is 5.82. The van der Waals surface area contributed by atoms with E-state index >= 15 is 0 Å². The molecule has 9 heteroatoms. The molecule has 0 aliphatic carbocycles. The molecule has 4 heterocycles. The van der Waals surface area contributed by atoms with E-state index in [1.807, 2.05) is 10.8 Å². The normalized spacial score (nSPS) is 19.6. The van der Waals surface area contributed by atoms with Crippen LogP contribution in [0.2, 0.25) is 0 Å². The zero-order valence-corrected chi connectivity index (χ0v) is 16.5. The first-order chi connectivity index (χ1) is 13.2. The first kappa shape index (κ1) is 18.5. The van der Waals surface area contributed by atoms with Gasteiger partial charge in [0.15, 0.2) is 5.13 Å². The lowest BCUT2D eigenvalue weighted by Gasteiger charge is -2.25. The predicted molar refractivity (Wildman–Crippen MR) is 105 cm³/mol. The Labute approximate surface area is 165 Å². The van der Waals surface area contributed by atoms with E-state index in [1.165, 1.54) is 22.7 Å². The molecule has 27 heavy (non-hydrogen) atoms. The van der Waals surface area contributed by atoms with Crippen LogP contribution in [0, 0.1) is 0 Å². The molecule has 0 aromatic carbocycles. The number of nitrogens with one attached hydrogen (secondary N) is 2. The first-order valence-corrected chi connectivity index (χ1v) is 10.9. The van der Waals surface area contributed by atoms with Crippen LogP contribution in [0.5, 0.6) is 0 Å². The number of nitrogens with zero attached hydrogens (tertiary/aromatic N) is 2. The molecule has 0 bridgehead atoms. The third-order valence-corrected chi connectivity index (χ3v) is 6.41. The van der Waals surface area contributed by atoms with Crippen molar-refractivity contribution in [3.8, 4) is 0 Å². The Bertz CT molecular complexity index is 800. The van der Waals surface area contributed by atoms with Crippen LogP contribution in [0.1, 0.15) is 33.8 Å². The Morgan fingerprint density at radius 1 is 1.41 bits per heavy atom. The second kappa shape index (κ2) is 8.47. The summed E-state index contributed by atoms with van der Waals surface area (Å²) in [4.78, 5) is 32.1. The molecule has 0 radical (unpaired) electrons. The standard InChI is InChI=1S/C18H22N4O3S2/c23-16(19-8-13-2-1-6-25-13)10-22-5-3-14-15(9-22)27-18(20-14)21-17(24)12-4-7-26-11-12/h4,7,11,13H,1-3,5-6,8-10H2,(H,19,23)(H,20,21,24). The quantitative estimate of drug-likeness (QED) is 0.768. The number of amides is 2. The van der Waals surface area contributed by atoms with Gasteiger partial charge in [0.05, 0.1) is 23.9 Å². The molecule has 7 nitrogen and oxygen atoms in total. The molecule has 144 valence electrons. The van der Waals surface area contributed by atoms with Crippen molar-refractivity contribution in [2.45, 2.75) is 31.9 Å². The monoisotopic (exact) mass is 406 g/mol. The maximum absolute atomic E-state index is 12.2. The van der Waals surface area contributed by atoms with Crippen LogP contribution in [-0.4, -0.2) is 54.0 Å². The van der Waals surface area contributed by atoms with Gasteiger partial charge in [-0.1, -0.05) is 0 Å². The van der Waals surface area contributed by atoms with Gasteiger partial charge in [-0.15, -0.1) is 11.3 Å². The highest BCUT2D eigenvalue weighted by Gasteiger charge is 2.23. The average Bonchev–Trinajstić information content (AvgIpc) is 3.40. The molecular weight excluding hydrogens is 384 g/mol. The summed E-state index contributed by atoms with van der Waals surface area (Å²) < 4.78 is 5.53. The van der Waals surface area contributed by atoms with E-state index in [2.05, 4.69) is 20.5 Å². The Morgan fingerprint density at radius 2 is 2.33 bits per heavy atom. The number of thiazole rings is 1. The van der Waals surface area contributed by atoms with E-state index in [1.54, 1.807) is 6.07 Å². The van der Waals surface area contributed by atoms with Crippen LogP contribution >= 0.6 is 22.7 Å². The van der Waals surface area contributed by atoms with E-state index < -0.39 is 0 Å². The molecular formula is C18H22N4O3S2. The van der Waals surface area contributed by atoms with Crippen molar-refractivity contribution in [2.75, 3.05) is 31.6 Å². The molecule has 1 atom stereocenters. The van der Waals surface area contributed by atoms with Gasteiger partial charge in [-0.2, -0.15) is 11.3 Å². The Morgan fingerprint density at radius 3 is 3.11 bits per heavy atom. The zero-order chi connectivity index (χ0) is 18.6. The van der Waals surface area contributed by atoms with Gasteiger partial charge in [-0.05, 0) is 24.3 Å². The molecule has 1 fully saturated rings. The summed E-state index contributed by atoms with van der Waals surface area (Å²) in [5.41, 5.74) is 1.68. The van der Waals surface area contributed by atoms with E-state index in [0.29, 0.717) is 30.3 Å². The van der Waals surface area contributed by atoms with Crippen LogP contribution in [0.25, 0.3) is 0 Å². The van der Waals surface area contributed by atoms with Gasteiger partial charge in [0.1, 0.15) is 0 Å². The molecule has 0 spiro atoms. The van der Waals surface area contributed by atoms with E-state index in [9.17, 15) is 9.59 Å². The number of hydrogen-bond acceptors (Lipinski definition) is 7. The fourth-order valence-electron chi connectivity index (χ4n) is 3.29. The van der Waals surface area contributed by atoms with Gasteiger partial charge in [0, 0.05) is 42.9 Å². The smallest absolute Gasteiger partial charge is 0.258 e. The topological polar surface area (TPSA) is 83.6 Å². The average molecular weight is 407 g/mol. The fourth-order valence-corrected chi connectivity index (χ4v) is 4.97. The molecule has 2 amide bonds. The second-order valence-corrected chi connectivity index (χ2v) is 8.62. The van der Waals surface area contributed by atoms with E-state index in [-0.39, 0.29) is 17.9 Å². The molecule has 2 N–H and O–H groups in total. The van der Waals surface area contributed by atoms with Gasteiger partial charge in [0.2, 0.25) is 5.91 Å². The van der Waals surface area contributed by atoms with Crippen LogP contribution in [0.3, 0.4) is 0 Å². The highest BCUT2D eigenvalue weighted by Crippen LogP contribution is 2.28. The Balaban J connectivity index is 1.28. The third kappa shape index (κ3) is 4.73. The summed E-state index contributed by atoms with van der Waals surface area (Å²) in [6.45, 7) is 3.25. The van der Waals surface area contributed by atoms with Gasteiger partial charge in [-0.25, -0.2) is 4.98 Å². The second-order valence-electron chi connectivity index (χ2n) is 6.75. The largest absolute Gasteiger partial charge is 0.376 e. The summed E-state index contributed by atoms with van der Waals surface area (Å²) in [5, 5.41) is 10.2. The molecule has 1 saturated heterocycles. The minimum atomic E-state index is -0.132. The number of fused-ring (bicyclic) bond motifs is 1. The van der Waals surface area contributed by atoms with Crippen LogP contribution in [-0.2, 0) is 22.5 Å². The maximum atomic E-state index is 12.2. The number of aromatic nitrogens is 1. The van der Waals surface area contributed by atoms with E-state index in [0.717, 1.165) is 43.0 Å². The third-order valence-electron chi connectivity index (χ3n) is 4.73. The number of hydrogen-bond donors (Lipinski definition) is 2. The van der Waals surface area contributed by atoms with Crippen LogP contribution < -0.4 is 10.6 Å². The summed E-state index contributed by atoms with van der Waals surface area (Å²) in [6, 6.07) is 1.80. The lowest BCUT2D eigenvalue weighted by molar-refractivity contribution is -0.122. The predicted octanol–water partition coefficient (Wildman–Crippen LogP) is 2.11. The molecule has 2 aromatic rings. The van der Waals surface area contributed by atoms with Crippen molar-refractivity contribution in [2.24, 2.45) is 0 Å². The first-order valence-electron chi connectivity index (χ1n) is 9.10. The molecule has 2 aliphatic rings. The van der Waals surface area contributed by atoms with Crippen molar-refractivity contribution in [3.63, 3.8) is 0 Å². The zero-order valence-electron chi connectivity index (χ0n) is 14.9. The van der Waals surface area contributed by atoms with Crippen LogP contribution in [0.15, 0.2) is 16.8 Å². The number of carbonyl (C=O) groups excluding carboxylic acids is 2. The maximum Gasteiger partial charge on any atom is 0.258 e. The number of rotatable bonds is 6. The van der Waals surface area contributed by atoms with Gasteiger partial charge in [0.25, 0.3) is 5.91 Å². The van der Waals surface area contributed by atoms with Gasteiger partial charge < -0.3 is 10.1 Å². The highest BCUT2D eigenvalue weighted by molar-refractivity contribution is 7.16. The molecule has 1 unspecified atom stereocenters. The summed E-state index contributed by atoms with van der Waals surface area (Å²) in [6.07, 6.45) is 3.05. The number of ether oxygens (including phenoxy) is 1. The van der Waals surface area contributed by atoms with Gasteiger partial charge in [-0.3, -0.25) is 19.8 Å². The minimum absolute atomic E-state index is 0.0319. The SMILES string of the molecule is O=C(CN1CCc2nc(NC(=O)c3ccsc3)sc2C1)NCC1CCCO1. The van der Waals surface area contributed by atoms with Crippen molar-refractivity contribution in [1.82, 2.24) is 15.2 Å². The summed E-state index contributed by atoms with van der Waals surface area (Å²) in [7, 11) is 0. The van der Waals surface area contributed by atoms with Gasteiger partial charge >= 0.3 is 0 Å². The van der Waals surface area contributed by atoms with Crippen molar-refractivity contribution >= 4 is 39.6 Å². The summed E-state index contributed by atoms with van der Waals surface area (Å²) >= 11 is 2.99. The lowest BCUT2D eigenvalue weighted by atomic mass is 10.2. The number of thiophene rings is 1. The number of carbonyl (C=O) groups is 2. The van der Waals surface area contributed by atoms with Crippen molar-refractivity contribution < 1.29 is 14.3 Å². The fraction of sp³-hybridized carbons (Fsp3) is 0.500. The lowest BCUT2D eigenvalue weighted by Crippen LogP contribution is -2.41. The summed E-state index contributed by atoms with van der Waals surface area (Å²) in [5.74, 6) is -0.0999. The molecule has 4 rings (SSSR count). The number of anilines is 1. The minimum Gasteiger partial charge on any atom is -0.376 e. The molecule has 2 aromatic heterocycles. The van der Waals surface area contributed by atoms with Crippen molar-refractivity contribution in [3.05, 3.63) is 33.0 Å². The molecule has 2 aliphatic heterocycles. The molecule has 0 saturated carbocycles.